The highest BCUT2D eigenvalue weighted by atomic mass is 79.9. The van der Waals surface area contributed by atoms with E-state index in [1.807, 2.05) is 0 Å². The summed E-state index contributed by atoms with van der Waals surface area (Å²) < 4.78 is 18.0. The van der Waals surface area contributed by atoms with E-state index < -0.39 is 5.82 Å². The van der Waals surface area contributed by atoms with E-state index >= 15 is 0 Å². The second kappa shape index (κ2) is 6.69. The molecule has 15 heavy (non-hydrogen) atoms. The van der Waals surface area contributed by atoms with Gasteiger partial charge in [-0.25, -0.2) is 4.39 Å². The number of hydrogen-bond donors (Lipinski definition) is 0. The third-order valence-corrected chi connectivity index (χ3v) is 2.55. The molecule has 1 fully saturated rings. The molecule has 1 heterocycles. The molecule has 1 aliphatic heterocycles. The van der Waals surface area contributed by atoms with Crippen LogP contribution in [-0.4, -0.2) is 19.5 Å². The number of rotatable bonds is 1. The summed E-state index contributed by atoms with van der Waals surface area (Å²) in [5.41, 5.74) is 0.0781. The largest absolute Gasteiger partial charge is 0.381 e. The molecule has 1 aromatic carbocycles. The van der Waals surface area contributed by atoms with Gasteiger partial charge in [0, 0.05) is 13.2 Å². The van der Waals surface area contributed by atoms with Crippen molar-refractivity contribution in [1.82, 2.24) is 0 Å². The molecule has 1 aromatic rings. The van der Waals surface area contributed by atoms with Gasteiger partial charge in [0.05, 0.1) is 10.0 Å². The van der Waals surface area contributed by atoms with Crippen LogP contribution in [0.4, 0.5) is 4.39 Å². The van der Waals surface area contributed by atoms with Crippen LogP contribution in [0.2, 0.25) is 0 Å². The minimum atomic E-state index is -0.502. The summed E-state index contributed by atoms with van der Waals surface area (Å²) in [6.45, 7) is 2.00. The predicted octanol–water partition coefficient (Wildman–Crippen LogP) is 3.20. The Morgan fingerprint density at radius 3 is 2.40 bits per heavy atom. The van der Waals surface area contributed by atoms with Crippen molar-refractivity contribution in [2.75, 3.05) is 13.2 Å². The topological polar surface area (TPSA) is 26.3 Å². The molecule has 4 heteroatoms. The zero-order chi connectivity index (χ0) is 11.1. The highest BCUT2D eigenvalue weighted by Gasteiger charge is 2.02. The van der Waals surface area contributed by atoms with Gasteiger partial charge in [0.1, 0.15) is 5.82 Å². The fraction of sp³-hybridized carbons (Fsp3) is 0.364. The van der Waals surface area contributed by atoms with E-state index in [1.165, 1.54) is 18.9 Å². The van der Waals surface area contributed by atoms with E-state index in [4.69, 9.17) is 4.74 Å². The fourth-order valence-corrected chi connectivity index (χ4v) is 1.50. The van der Waals surface area contributed by atoms with E-state index in [0.717, 1.165) is 13.2 Å². The molecule has 1 aliphatic rings. The van der Waals surface area contributed by atoms with Crippen molar-refractivity contribution < 1.29 is 13.9 Å². The van der Waals surface area contributed by atoms with Gasteiger partial charge < -0.3 is 4.74 Å². The summed E-state index contributed by atoms with van der Waals surface area (Å²) in [5, 5.41) is 0. The Morgan fingerprint density at radius 2 is 2.00 bits per heavy atom. The van der Waals surface area contributed by atoms with Gasteiger partial charge in [-0.2, -0.15) is 0 Å². The average Bonchev–Trinajstić information content (AvgIpc) is 2.80. The lowest BCUT2D eigenvalue weighted by atomic mass is 10.2. The van der Waals surface area contributed by atoms with Crippen molar-refractivity contribution >= 4 is 22.2 Å². The molecule has 0 unspecified atom stereocenters. The molecule has 0 aromatic heterocycles. The van der Waals surface area contributed by atoms with Crippen molar-refractivity contribution in [3.63, 3.8) is 0 Å². The third kappa shape index (κ3) is 4.10. The van der Waals surface area contributed by atoms with Crippen LogP contribution in [0.5, 0.6) is 0 Å². The minimum Gasteiger partial charge on any atom is -0.381 e. The van der Waals surface area contributed by atoms with Gasteiger partial charge in [0.2, 0.25) is 0 Å². The zero-order valence-electron chi connectivity index (χ0n) is 8.21. The summed E-state index contributed by atoms with van der Waals surface area (Å²) in [7, 11) is 0. The van der Waals surface area contributed by atoms with Gasteiger partial charge in [-0.3, -0.25) is 4.79 Å². The first kappa shape index (κ1) is 12.3. The van der Waals surface area contributed by atoms with Crippen LogP contribution >= 0.6 is 15.9 Å². The summed E-state index contributed by atoms with van der Waals surface area (Å²) in [5.74, 6) is -0.502. The molecule has 2 nitrogen and oxygen atoms in total. The number of hydrogen-bond acceptors (Lipinski definition) is 2. The van der Waals surface area contributed by atoms with E-state index in [0.29, 0.717) is 10.8 Å². The van der Waals surface area contributed by atoms with Crippen LogP contribution in [0.25, 0.3) is 0 Å². The van der Waals surface area contributed by atoms with Gasteiger partial charge in [0.25, 0.3) is 0 Å². The second-order valence-electron chi connectivity index (χ2n) is 3.08. The molecule has 0 N–H and O–H groups in total. The maximum absolute atomic E-state index is 12.7. The van der Waals surface area contributed by atoms with Gasteiger partial charge in [-0.15, -0.1) is 0 Å². The zero-order valence-corrected chi connectivity index (χ0v) is 9.80. The predicted molar refractivity (Wildman–Crippen MR) is 59.5 cm³/mol. The number of carbonyl (C=O) groups excluding carboxylic acids is 1. The fourth-order valence-electron chi connectivity index (χ4n) is 1.12. The first-order valence-corrected chi connectivity index (χ1v) is 5.52. The number of carbonyl (C=O) groups is 1. The van der Waals surface area contributed by atoms with Crippen LogP contribution in [0.15, 0.2) is 22.7 Å². The molecule has 0 aliphatic carbocycles. The number of benzene rings is 1. The SMILES string of the molecule is C1CCOC1.O=Cc1cccc(Br)c1F. The maximum Gasteiger partial charge on any atom is 0.153 e. The van der Waals surface area contributed by atoms with Gasteiger partial charge in [-0.1, -0.05) is 6.07 Å². The minimum absolute atomic E-state index is 0.0781. The van der Waals surface area contributed by atoms with Crippen LogP contribution in [0, 0.1) is 5.82 Å². The molecule has 0 saturated carbocycles. The van der Waals surface area contributed by atoms with Crippen molar-refractivity contribution in [3.05, 3.63) is 34.1 Å². The number of aldehydes is 1. The number of ether oxygens (including phenoxy) is 1. The van der Waals surface area contributed by atoms with Gasteiger partial charge >= 0.3 is 0 Å². The molecule has 1 saturated heterocycles. The summed E-state index contributed by atoms with van der Waals surface area (Å²) in [6, 6.07) is 4.58. The van der Waals surface area contributed by atoms with E-state index in [2.05, 4.69) is 15.9 Å². The Kier molecular flexibility index (Phi) is 5.50. The number of halogens is 2. The molecule has 0 radical (unpaired) electrons. The molecule has 0 atom stereocenters. The van der Waals surface area contributed by atoms with Crippen LogP contribution in [0.3, 0.4) is 0 Å². The summed E-state index contributed by atoms with van der Waals surface area (Å²) in [6.07, 6.45) is 3.04. The Morgan fingerprint density at radius 1 is 1.33 bits per heavy atom. The first-order chi connectivity index (χ1) is 7.25. The standard InChI is InChI=1S/C7H4BrFO.C4H8O/c8-6-3-1-2-5(4-10)7(6)9;1-2-4-5-3-1/h1-4H;1-4H2. The lowest BCUT2D eigenvalue weighted by Crippen LogP contribution is -1.86. The van der Waals surface area contributed by atoms with E-state index in [1.54, 1.807) is 12.1 Å². The molecular weight excluding hydrogens is 263 g/mol. The lowest BCUT2D eigenvalue weighted by molar-refractivity contribution is 0.111. The Hall–Kier alpha value is -0.740. The molecule has 0 spiro atoms. The lowest BCUT2D eigenvalue weighted by Gasteiger charge is -1.94. The monoisotopic (exact) mass is 274 g/mol. The average molecular weight is 275 g/mol. The quantitative estimate of drug-likeness (QED) is 0.736. The summed E-state index contributed by atoms with van der Waals surface area (Å²) in [4.78, 5) is 10.1. The Labute approximate surface area is 96.6 Å². The van der Waals surface area contributed by atoms with Crippen molar-refractivity contribution in [3.8, 4) is 0 Å². The van der Waals surface area contributed by atoms with Crippen molar-refractivity contribution in [2.24, 2.45) is 0 Å². The van der Waals surface area contributed by atoms with Crippen molar-refractivity contribution in [2.45, 2.75) is 12.8 Å². The smallest absolute Gasteiger partial charge is 0.153 e. The molecule has 82 valence electrons. The first-order valence-electron chi connectivity index (χ1n) is 4.72. The molecule has 0 bridgehead atoms. The van der Waals surface area contributed by atoms with Gasteiger partial charge in [-0.05, 0) is 40.9 Å². The van der Waals surface area contributed by atoms with E-state index in [9.17, 15) is 9.18 Å². The Bertz CT molecular complexity index is 317. The molecular formula is C11H12BrFO2. The van der Waals surface area contributed by atoms with Crippen LogP contribution in [-0.2, 0) is 4.74 Å². The van der Waals surface area contributed by atoms with Crippen molar-refractivity contribution in [1.29, 1.82) is 0 Å². The van der Waals surface area contributed by atoms with Gasteiger partial charge in [0.15, 0.2) is 6.29 Å². The highest BCUT2D eigenvalue weighted by molar-refractivity contribution is 9.10. The second-order valence-corrected chi connectivity index (χ2v) is 3.93. The Balaban J connectivity index is 0.000000187. The van der Waals surface area contributed by atoms with Crippen LogP contribution in [0.1, 0.15) is 23.2 Å². The summed E-state index contributed by atoms with van der Waals surface area (Å²) >= 11 is 2.95. The third-order valence-electron chi connectivity index (χ3n) is 1.94. The highest BCUT2D eigenvalue weighted by Crippen LogP contribution is 2.16. The molecule has 2 rings (SSSR count). The van der Waals surface area contributed by atoms with Crippen LogP contribution < -0.4 is 0 Å². The maximum atomic E-state index is 12.7. The van der Waals surface area contributed by atoms with E-state index in [-0.39, 0.29) is 5.56 Å². The molecule has 0 amide bonds. The normalized spacial score (nSPS) is 14.3.